The van der Waals surface area contributed by atoms with Gasteiger partial charge < -0.3 is 9.47 Å². The molecule has 2 aromatic carbocycles. The Bertz CT molecular complexity index is 1030. The van der Waals surface area contributed by atoms with Crippen LogP contribution in [0.1, 0.15) is 16.8 Å². The van der Waals surface area contributed by atoms with Gasteiger partial charge in [-0.2, -0.15) is 0 Å². The number of rotatable bonds is 9. The van der Waals surface area contributed by atoms with Crippen LogP contribution in [0, 0.1) is 0 Å². The molecule has 152 valence electrons. The molecule has 0 aromatic heterocycles. The fraction of sp³-hybridized carbons (Fsp3) is 0.278. The van der Waals surface area contributed by atoms with Gasteiger partial charge in [-0.15, -0.1) is 0 Å². The fourth-order valence-electron chi connectivity index (χ4n) is 2.37. The maximum Gasteiger partial charge on any atom is 0.338 e. The molecule has 2 rings (SSSR count). The van der Waals surface area contributed by atoms with Crippen LogP contribution in [-0.2, 0) is 24.6 Å². The first-order valence-corrected chi connectivity index (χ1v) is 11.4. The summed E-state index contributed by atoms with van der Waals surface area (Å²) in [6.45, 7) is -0.120. The minimum absolute atomic E-state index is 0.0144. The van der Waals surface area contributed by atoms with Crippen LogP contribution in [0.3, 0.4) is 0 Å². The molecule has 0 saturated carbocycles. The van der Waals surface area contributed by atoms with Crippen molar-refractivity contribution < 1.29 is 31.1 Å². The van der Waals surface area contributed by atoms with Crippen LogP contribution < -0.4 is 9.46 Å². The van der Waals surface area contributed by atoms with Gasteiger partial charge in [-0.1, -0.05) is 18.2 Å². The van der Waals surface area contributed by atoms with Crippen molar-refractivity contribution in [1.82, 2.24) is 4.72 Å². The SMILES string of the molecule is CNS(=O)(=O)c1cc(C(=O)OCCCS(=O)(=O)c2ccccc2)ccc1OC. The topological polar surface area (TPSA) is 116 Å². The summed E-state index contributed by atoms with van der Waals surface area (Å²) in [5.74, 6) is -0.848. The summed E-state index contributed by atoms with van der Waals surface area (Å²) >= 11 is 0. The number of hydrogen-bond acceptors (Lipinski definition) is 7. The first-order chi connectivity index (χ1) is 13.2. The normalized spacial score (nSPS) is 11.8. The Morgan fingerprint density at radius 1 is 1.04 bits per heavy atom. The average molecular weight is 428 g/mol. The molecule has 0 radical (unpaired) electrons. The smallest absolute Gasteiger partial charge is 0.338 e. The number of sulfonamides is 1. The van der Waals surface area contributed by atoms with Crippen molar-refractivity contribution in [3.8, 4) is 5.75 Å². The Morgan fingerprint density at radius 3 is 2.32 bits per heavy atom. The lowest BCUT2D eigenvalue weighted by Gasteiger charge is -2.11. The van der Waals surface area contributed by atoms with Gasteiger partial charge in [-0.3, -0.25) is 0 Å². The van der Waals surface area contributed by atoms with Crippen molar-refractivity contribution in [3.05, 3.63) is 54.1 Å². The second kappa shape index (κ2) is 9.18. The van der Waals surface area contributed by atoms with E-state index in [1.165, 1.54) is 38.4 Å². The number of hydrogen-bond donors (Lipinski definition) is 1. The molecule has 0 aliphatic rings. The molecule has 0 fully saturated rings. The lowest BCUT2D eigenvalue weighted by molar-refractivity contribution is 0.0505. The summed E-state index contributed by atoms with van der Waals surface area (Å²) in [5.41, 5.74) is 0.0144. The van der Waals surface area contributed by atoms with Gasteiger partial charge in [0.2, 0.25) is 10.0 Å². The van der Waals surface area contributed by atoms with Crippen molar-refractivity contribution in [2.24, 2.45) is 0 Å². The Balaban J connectivity index is 2.01. The van der Waals surface area contributed by atoms with Gasteiger partial charge >= 0.3 is 5.97 Å². The number of esters is 1. The van der Waals surface area contributed by atoms with E-state index in [4.69, 9.17) is 9.47 Å². The van der Waals surface area contributed by atoms with Crippen LogP contribution in [0.25, 0.3) is 0 Å². The van der Waals surface area contributed by atoms with Gasteiger partial charge in [0, 0.05) is 0 Å². The summed E-state index contributed by atoms with van der Waals surface area (Å²) in [7, 11) is -4.73. The highest BCUT2D eigenvalue weighted by atomic mass is 32.2. The van der Waals surface area contributed by atoms with Crippen LogP contribution >= 0.6 is 0 Å². The zero-order chi connectivity index (χ0) is 20.8. The number of methoxy groups -OCH3 is 1. The maximum absolute atomic E-state index is 12.2. The molecule has 0 heterocycles. The number of nitrogens with one attached hydrogen (secondary N) is 1. The van der Waals surface area contributed by atoms with E-state index in [1.807, 2.05) is 0 Å². The Labute approximate surface area is 164 Å². The van der Waals surface area contributed by atoms with Crippen molar-refractivity contribution in [2.75, 3.05) is 26.5 Å². The van der Waals surface area contributed by atoms with Gasteiger partial charge in [0.15, 0.2) is 9.84 Å². The average Bonchev–Trinajstić information content (AvgIpc) is 2.71. The Kier molecular flexibility index (Phi) is 7.17. The highest BCUT2D eigenvalue weighted by molar-refractivity contribution is 7.91. The molecule has 0 bridgehead atoms. The van der Waals surface area contributed by atoms with Crippen molar-refractivity contribution in [2.45, 2.75) is 16.2 Å². The number of sulfone groups is 1. The van der Waals surface area contributed by atoms with Gasteiger partial charge in [-0.05, 0) is 43.8 Å². The Morgan fingerprint density at radius 2 is 1.71 bits per heavy atom. The van der Waals surface area contributed by atoms with E-state index >= 15 is 0 Å². The first kappa shape index (κ1) is 21.9. The van der Waals surface area contributed by atoms with Crippen molar-refractivity contribution >= 4 is 25.8 Å². The molecule has 8 nitrogen and oxygen atoms in total. The molecule has 0 aliphatic heterocycles. The molecule has 10 heteroatoms. The van der Waals surface area contributed by atoms with Gasteiger partial charge in [0.25, 0.3) is 0 Å². The molecule has 0 saturated heterocycles. The second-order valence-corrected chi connectivity index (χ2v) is 9.66. The molecule has 0 unspecified atom stereocenters. The quantitative estimate of drug-likeness (QED) is 0.477. The summed E-state index contributed by atoms with van der Waals surface area (Å²) < 4.78 is 60.7. The van der Waals surface area contributed by atoms with Crippen LogP contribution in [0.4, 0.5) is 0 Å². The lowest BCUT2D eigenvalue weighted by atomic mass is 10.2. The highest BCUT2D eigenvalue weighted by Gasteiger charge is 2.21. The van der Waals surface area contributed by atoms with Gasteiger partial charge in [-0.25, -0.2) is 26.4 Å². The predicted octanol–water partition coefficient (Wildman–Crippen LogP) is 1.62. The standard InChI is InChI=1S/C18H21NO7S2/c1-19-28(23,24)17-13-14(9-10-16(17)25-2)18(20)26-11-6-12-27(21,22)15-7-4-3-5-8-15/h3-5,7-10,13,19H,6,11-12H2,1-2H3. The molecule has 0 amide bonds. The van der Waals surface area contributed by atoms with E-state index < -0.39 is 25.8 Å². The number of carbonyl (C=O) groups is 1. The largest absolute Gasteiger partial charge is 0.495 e. The monoisotopic (exact) mass is 427 g/mol. The van der Waals surface area contributed by atoms with Crippen molar-refractivity contribution in [3.63, 3.8) is 0 Å². The third kappa shape index (κ3) is 5.31. The van der Waals surface area contributed by atoms with Gasteiger partial charge in [0.05, 0.1) is 29.9 Å². The van der Waals surface area contributed by atoms with Crippen LogP contribution in [0.5, 0.6) is 5.75 Å². The van der Waals surface area contributed by atoms with Crippen molar-refractivity contribution in [1.29, 1.82) is 0 Å². The highest BCUT2D eigenvalue weighted by Crippen LogP contribution is 2.25. The minimum Gasteiger partial charge on any atom is -0.495 e. The van der Waals surface area contributed by atoms with E-state index in [0.29, 0.717) is 0 Å². The van der Waals surface area contributed by atoms with E-state index in [1.54, 1.807) is 18.2 Å². The molecule has 2 aromatic rings. The van der Waals surface area contributed by atoms with Gasteiger partial charge in [0.1, 0.15) is 10.6 Å². The summed E-state index contributed by atoms with van der Waals surface area (Å²) in [6, 6.07) is 11.9. The zero-order valence-electron chi connectivity index (χ0n) is 15.4. The third-order valence-electron chi connectivity index (χ3n) is 3.85. The van der Waals surface area contributed by atoms with E-state index in [0.717, 1.165) is 6.07 Å². The van der Waals surface area contributed by atoms with Crippen LogP contribution in [0.2, 0.25) is 0 Å². The summed E-state index contributed by atoms with van der Waals surface area (Å²) in [6.07, 6.45) is 0.112. The summed E-state index contributed by atoms with van der Waals surface area (Å²) in [5, 5.41) is 0. The summed E-state index contributed by atoms with van der Waals surface area (Å²) in [4.78, 5) is 12.2. The second-order valence-electron chi connectivity index (χ2n) is 5.69. The lowest BCUT2D eigenvalue weighted by Crippen LogP contribution is -2.20. The molecule has 0 aliphatic carbocycles. The van der Waals surface area contributed by atoms with Crippen LogP contribution in [-0.4, -0.2) is 49.3 Å². The fourth-order valence-corrected chi connectivity index (χ4v) is 4.59. The molecule has 28 heavy (non-hydrogen) atoms. The Hall–Kier alpha value is -2.43. The first-order valence-electron chi connectivity index (χ1n) is 8.28. The molecular weight excluding hydrogens is 406 g/mol. The predicted molar refractivity (Wildman–Crippen MR) is 103 cm³/mol. The number of ether oxygens (including phenoxy) is 2. The molecule has 0 atom stereocenters. The number of benzene rings is 2. The molecular formula is C18H21NO7S2. The zero-order valence-corrected chi connectivity index (χ0v) is 17.0. The molecule has 0 spiro atoms. The van der Waals surface area contributed by atoms with E-state index in [2.05, 4.69) is 4.72 Å². The minimum atomic E-state index is -3.83. The van der Waals surface area contributed by atoms with Crippen LogP contribution in [0.15, 0.2) is 58.3 Å². The van der Waals surface area contributed by atoms with E-state index in [-0.39, 0.29) is 39.9 Å². The number of carbonyl (C=O) groups excluding carboxylic acids is 1. The molecule has 1 N–H and O–H groups in total. The van der Waals surface area contributed by atoms with E-state index in [9.17, 15) is 21.6 Å². The third-order valence-corrected chi connectivity index (χ3v) is 7.10. The maximum atomic E-state index is 12.2.